The summed E-state index contributed by atoms with van der Waals surface area (Å²) in [7, 11) is 0. The van der Waals surface area contributed by atoms with Crippen LogP contribution in [-0.2, 0) is 4.79 Å². The lowest BCUT2D eigenvalue weighted by atomic mass is 10.2. The molecule has 3 aromatic rings. The quantitative estimate of drug-likeness (QED) is 0.409. The van der Waals surface area contributed by atoms with Crippen molar-refractivity contribution in [2.24, 2.45) is 0 Å². The highest BCUT2D eigenvalue weighted by Gasteiger charge is 2.21. The van der Waals surface area contributed by atoms with E-state index in [4.69, 9.17) is 11.6 Å². The maximum atomic E-state index is 12.8. The molecule has 1 aromatic carbocycles. The van der Waals surface area contributed by atoms with Crippen molar-refractivity contribution in [2.75, 3.05) is 41.7 Å². The first-order valence-corrected chi connectivity index (χ1v) is 13.2. The van der Waals surface area contributed by atoms with Gasteiger partial charge in [-0.2, -0.15) is 0 Å². The van der Waals surface area contributed by atoms with Crippen LogP contribution in [0, 0.1) is 13.8 Å². The summed E-state index contributed by atoms with van der Waals surface area (Å²) in [5.74, 6) is 1.99. The average Bonchev–Trinajstić information content (AvgIpc) is 3.50. The van der Waals surface area contributed by atoms with Crippen molar-refractivity contribution in [1.82, 2.24) is 25.4 Å². The molecule has 0 atom stereocenters. The van der Waals surface area contributed by atoms with Gasteiger partial charge in [-0.15, -0.1) is 0 Å². The molecule has 3 heterocycles. The van der Waals surface area contributed by atoms with E-state index < -0.39 is 0 Å². The number of aromatic nitrogens is 3. The highest BCUT2D eigenvalue weighted by Crippen LogP contribution is 2.28. The summed E-state index contributed by atoms with van der Waals surface area (Å²) in [5.41, 5.74) is 5.83. The Hall–Kier alpha value is -3.54. The Balaban J connectivity index is 1.21. The molecule has 1 saturated heterocycles. The molecule has 1 fully saturated rings. The number of carbonyl (C=O) groups is 2. The third kappa shape index (κ3) is 6.07. The van der Waals surface area contributed by atoms with Crippen molar-refractivity contribution in [3.63, 3.8) is 0 Å². The number of rotatable bonds is 7. The zero-order chi connectivity index (χ0) is 25.9. The van der Waals surface area contributed by atoms with Crippen molar-refractivity contribution in [3.8, 4) is 0 Å². The minimum absolute atomic E-state index is 0.182. The zero-order valence-corrected chi connectivity index (χ0v) is 22.1. The normalized spacial score (nSPS) is 16.0. The molecule has 3 N–H and O–H groups in total. The number of aryl methyl sites for hydroxylation is 2. The first-order chi connectivity index (χ1) is 17.8. The number of hydrogen-bond acceptors (Lipinski definition) is 10. The molecule has 37 heavy (non-hydrogen) atoms. The second-order valence-corrected chi connectivity index (χ2v) is 10.4. The lowest BCUT2D eigenvalue weighted by Crippen LogP contribution is -2.51. The smallest absolute Gasteiger partial charge is 0.267 e. The molecule has 0 unspecified atom stereocenters. The Morgan fingerprint density at radius 1 is 1.11 bits per heavy atom. The number of anilines is 4. The van der Waals surface area contributed by atoms with Gasteiger partial charge in [-0.3, -0.25) is 9.59 Å². The maximum absolute atomic E-state index is 12.8. The maximum Gasteiger partial charge on any atom is 0.267 e. The molecule has 0 radical (unpaired) electrons. The molecule has 2 aliphatic rings. The number of hydrogen-bond donors (Lipinski definition) is 3. The number of carbonyl (C=O) groups excluding carboxylic acids is 2. The molecule has 1 aliphatic carbocycles. The molecule has 10 nitrogen and oxygen atoms in total. The molecule has 12 heteroatoms. The van der Waals surface area contributed by atoms with Gasteiger partial charge in [-0.25, -0.2) is 20.0 Å². The number of nitrogens with zero attached hydrogens (tertiary/aromatic N) is 5. The highest BCUT2D eigenvalue weighted by atomic mass is 35.5. The fourth-order valence-corrected chi connectivity index (χ4v) is 5.21. The second kappa shape index (κ2) is 10.8. The number of amides is 1. The summed E-state index contributed by atoms with van der Waals surface area (Å²) < 4.78 is 0. The van der Waals surface area contributed by atoms with Crippen molar-refractivity contribution in [2.45, 2.75) is 26.7 Å². The Labute approximate surface area is 223 Å². The van der Waals surface area contributed by atoms with Gasteiger partial charge in [0.25, 0.3) is 5.91 Å². The molecule has 0 spiro atoms. The fraction of sp³-hybridized carbons (Fsp3) is 0.320. The molecule has 5 rings (SSSR count). The van der Waals surface area contributed by atoms with Gasteiger partial charge in [0.05, 0.1) is 16.9 Å². The zero-order valence-electron chi connectivity index (χ0n) is 20.5. The van der Waals surface area contributed by atoms with Crippen molar-refractivity contribution < 1.29 is 9.59 Å². The van der Waals surface area contributed by atoms with E-state index in [9.17, 15) is 9.59 Å². The number of benzene rings is 1. The van der Waals surface area contributed by atoms with Crippen LogP contribution < -0.4 is 21.0 Å². The summed E-state index contributed by atoms with van der Waals surface area (Å²) in [4.78, 5) is 40.4. The summed E-state index contributed by atoms with van der Waals surface area (Å²) in [6.45, 7) is 6.91. The number of halogens is 1. The average molecular weight is 539 g/mol. The molecule has 0 saturated carbocycles. The van der Waals surface area contributed by atoms with Crippen LogP contribution in [0.15, 0.2) is 42.2 Å². The van der Waals surface area contributed by atoms with Crippen LogP contribution in [-0.4, -0.2) is 57.8 Å². The largest absolute Gasteiger partial charge is 0.354 e. The Kier molecular flexibility index (Phi) is 7.36. The summed E-state index contributed by atoms with van der Waals surface area (Å²) in [6.07, 6.45) is 4.59. The lowest BCUT2D eigenvalue weighted by molar-refractivity contribution is -0.114. The van der Waals surface area contributed by atoms with Crippen molar-refractivity contribution in [1.29, 1.82) is 0 Å². The molecule has 2 aromatic heterocycles. The summed E-state index contributed by atoms with van der Waals surface area (Å²) in [6, 6.07) is 7.36. The lowest BCUT2D eigenvalue weighted by Gasteiger charge is -2.36. The molecule has 1 amide bonds. The number of hydrazine groups is 1. The topological polar surface area (TPSA) is 115 Å². The van der Waals surface area contributed by atoms with E-state index in [2.05, 4.69) is 40.9 Å². The van der Waals surface area contributed by atoms with E-state index in [0.29, 0.717) is 38.8 Å². The van der Waals surface area contributed by atoms with Crippen LogP contribution in [0.1, 0.15) is 33.9 Å². The van der Waals surface area contributed by atoms with Crippen LogP contribution in [0.2, 0.25) is 5.02 Å². The van der Waals surface area contributed by atoms with Crippen LogP contribution >= 0.6 is 22.9 Å². The standard InChI is InChI=1S/C25H27ClN8O2S/c1-15-4-3-5-19(26)23(15)31-24(36)20-14-27-25(37-20)30-21-13-22(29-16(2)28-21)33-8-10-34(11-9-33)32-17-6-7-18(35)12-17/h3-5,12-14,32H,6-11H2,1-2H3,(H,31,36)(H,27,28,29,30). The van der Waals surface area contributed by atoms with Gasteiger partial charge in [0, 0.05) is 50.4 Å². The number of ketones is 1. The van der Waals surface area contributed by atoms with Crippen LogP contribution in [0.4, 0.5) is 22.5 Å². The number of nitrogens with one attached hydrogen (secondary N) is 3. The predicted octanol–water partition coefficient (Wildman–Crippen LogP) is 4.07. The van der Waals surface area contributed by atoms with E-state index in [1.165, 1.54) is 17.5 Å². The third-order valence-corrected chi connectivity index (χ3v) is 7.36. The molecule has 192 valence electrons. The Bertz CT molecular complexity index is 1350. The Morgan fingerprint density at radius 3 is 2.65 bits per heavy atom. The number of thiazole rings is 1. The minimum Gasteiger partial charge on any atom is -0.354 e. The van der Waals surface area contributed by atoms with E-state index in [-0.39, 0.29) is 11.7 Å². The molecular formula is C25H27ClN8O2S. The number of piperazine rings is 1. The molecular weight excluding hydrogens is 512 g/mol. The monoisotopic (exact) mass is 538 g/mol. The van der Waals surface area contributed by atoms with E-state index in [0.717, 1.165) is 49.7 Å². The van der Waals surface area contributed by atoms with Crippen LogP contribution in [0.5, 0.6) is 0 Å². The van der Waals surface area contributed by atoms with E-state index in [1.54, 1.807) is 12.1 Å². The van der Waals surface area contributed by atoms with Crippen molar-refractivity contribution >= 4 is 57.1 Å². The van der Waals surface area contributed by atoms with Gasteiger partial charge in [-0.05, 0) is 31.9 Å². The number of para-hydroxylation sites is 1. The summed E-state index contributed by atoms with van der Waals surface area (Å²) >= 11 is 7.47. The molecule has 1 aliphatic heterocycles. The van der Waals surface area contributed by atoms with Gasteiger partial charge < -0.3 is 21.0 Å². The second-order valence-electron chi connectivity index (χ2n) is 8.92. The van der Waals surface area contributed by atoms with Gasteiger partial charge >= 0.3 is 0 Å². The van der Waals surface area contributed by atoms with Gasteiger partial charge in [0.15, 0.2) is 10.9 Å². The number of allylic oxidation sites excluding steroid dienone is 2. The predicted molar refractivity (Wildman–Crippen MR) is 146 cm³/mol. The van der Waals surface area contributed by atoms with E-state index in [1.807, 2.05) is 32.0 Å². The third-order valence-electron chi connectivity index (χ3n) is 6.13. The first kappa shape index (κ1) is 25.1. The fourth-order valence-electron chi connectivity index (χ4n) is 4.22. The van der Waals surface area contributed by atoms with E-state index >= 15 is 0 Å². The van der Waals surface area contributed by atoms with Crippen LogP contribution in [0.3, 0.4) is 0 Å². The Morgan fingerprint density at radius 2 is 1.92 bits per heavy atom. The SMILES string of the molecule is Cc1nc(Nc2ncc(C(=O)Nc3c(C)cccc3Cl)s2)cc(N2CCN(NC3=CC(=O)CC3)CC2)n1. The van der Waals surface area contributed by atoms with Gasteiger partial charge in [-0.1, -0.05) is 35.1 Å². The minimum atomic E-state index is -0.273. The highest BCUT2D eigenvalue weighted by molar-refractivity contribution is 7.17. The molecule has 0 bridgehead atoms. The summed E-state index contributed by atoms with van der Waals surface area (Å²) in [5, 5.41) is 9.26. The van der Waals surface area contributed by atoms with Crippen molar-refractivity contribution in [3.05, 3.63) is 63.5 Å². The van der Waals surface area contributed by atoms with Gasteiger partial charge in [0.1, 0.15) is 22.3 Å². The van der Waals surface area contributed by atoms with Crippen LogP contribution in [0.25, 0.3) is 0 Å². The van der Waals surface area contributed by atoms with Gasteiger partial charge in [0.2, 0.25) is 0 Å². The first-order valence-electron chi connectivity index (χ1n) is 12.0.